The van der Waals surface area contributed by atoms with Gasteiger partial charge in [0, 0.05) is 22.6 Å². The van der Waals surface area contributed by atoms with Gasteiger partial charge in [0.15, 0.2) is 0 Å². The van der Waals surface area contributed by atoms with Crippen molar-refractivity contribution < 1.29 is 9.72 Å². The van der Waals surface area contributed by atoms with Gasteiger partial charge in [-0.2, -0.15) is 5.10 Å². The molecule has 0 radical (unpaired) electrons. The molecular formula is C12H8ClN3O3S. The van der Waals surface area contributed by atoms with Crippen LogP contribution in [0.2, 0.25) is 4.34 Å². The molecule has 0 bridgehead atoms. The van der Waals surface area contributed by atoms with E-state index in [9.17, 15) is 14.9 Å². The standard InChI is InChI=1S/C12H8ClN3O3S/c13-11-5-4-10(20-11)7-14-15-12(17)8-2-1-3-9(6-8)16(18)19/h1-7H,(H,15,17)/b14-7+. The Morgan fingerprint density at radius 2 is 2.20 bits per heavy atom. The molecule has 1 N–H and O–H groups in total. The van der Waals surface area contributed by atoms with Crippen molar-refractivity contribution in [3.05, 3.63) is 61.3 Å². The number of nitro benzene ring substituents is 1. The molecule has 0 aliphatic rings. The van der Waals surface area contributed by atoms with Crippen LogP contribution in [-0.4, -0.2) is 17.0 Å². The van der Waals surface area contributed by atoms with E-state index >= 15 is 0 Å². The molecule has 1 heterocycles. The minimum Gasteiger partial charge on any atom is -0.267 e. The van der Waals surface area contributed by atoms with Gasteiger partial charge in [0.25, 0.3) is 11.6 Å². The number of amides is 1. The average molecular weight is 310 g/mol. The third-order valence-corrected chi connectivity index (χ3v) is 3.44. The van der Waals surface area contributed by atoms with Crippen LogP contribution in [0.15, 0.2) is 41.5 Å². The van der Waals surface area contributed by atoms with Crippen molar-refractivity contribution in [3.63, 3.8) is 0 Å². The summed E-state index contributed by atoms with van der Waals surface area (Å²) in [6, 6.07) is 8.89. The molecule has 2 rings (SSSR count). The van der Waals surface area contributed by atoms with Crippen LogP contribution in [0.4, 0.5) is 5.69 Å². The first-order valence-corrected chi connectivity index (χ1v) is 6.59. The van der Waals surface area contributed by atoms with Gasteiger partial charge in [0.2, 0.25) is 0 Å². The van der Waals surface area contributed by atoms with Gasteiger partial charge in [0.05, 0.1) is 15.5 Å². The summed E-state index contributed by atoms with van der Waals surface area (Å²) in [7, 11) is 0. The lowest BCUT2D eigenvalue weighted by atomic mass is 10.2. The first-order chi connectivity index (χ1) is 9.56. The number of halogens is 1. The van der Waals surface area contributed by atoms with Gasteiger partial charge < -0.3 is 0 Å². The molecule has 0 saturated heterocycles. The minimum absolute atomic E-state index is 0.147. The number of carbonyl (C=O) groups is 1. The molecule has 0 aliphatic heterocycles. The number of benzene rings is 1. The van der Waals surface area contributed by atoms with Crippen LogP contribution in [0.5, 0.6) is 0 Å². The van der Waals surface area contributed by atoms with Crippen LogP contribution in [0, 0.1) is 10.1 Å². The average Bonchev–Trinajstić information content (AvgIpc) is 2.84. The molecule has 102 valence electrons. The van der Waals surface area contributed by atoms with Crippen LogP contribution in [0.1, 0.15) is 15.2 Å². The molecule has 0 unspecified atom stereocenters. The number of nitrogens with zero attached hydrogens (tertiary/aromatic N) is 2. The van der Waals surface area contributed by atoms with Gasteiger partial charge in [0.1, 0.15) is 0 Å². The maximum Gasteiger partial charge on any atom is 0.271 e. The summed E-state index contributed by atoms with van der Waals surface area (Å²) in [6.07, 6.45) is 1.45. The molecule has 6 nitrogen and oxygen atoms in total. The molecule has 0 atom stereocenters. The highest BCUT2D eigenvalue weighted by molar-refractivity contribution is 7.17. The second-order valence-electron chi connectivity index (χ2n) is 3.65. The normalized spacial score (nSPS) is 10.7. The molecule has 0 fully saturated rings. The first kappa shape index (κ1) is 14.2. The van der Waals surface area contributed by atoms with Crippen molar-refractivity contribution >= 4 is 40.7 Å². The SMILES string of the molecule is O=C(N/N=C/c1ccc(Cl)s1)c1cccc([N+](=O)[O-])c1. The Hall–Kier alpha value is -2.25. The summed E-state index contributed by atoms with van der Waals surface area (Å²) in [6.45, 7) is 0. The van der Waals surface area contributed by atoms with Gasteiger partial charge in [-0.05, 0) is 18.2 Å². The largest absolute Gasteiger partial charge is 0.271 e. The number of hydrazone groups is 1. The lowest BCUT2D eigenvalue weighted by molar-refractivity contribution is -0.384. The van der Waals surface area contributed by atoms with E-state index in [0.717, 1.165) is 4.88 Å². The zero-order chi connectivity index (χ0) is 14.5. The predicted molar refractivity (Wildman–Crippen MR) is 77.5 cm³/mol. The summed E-state index contributed by atoms with van der Waals surface area (Å²) in [5.74, 6) is -0.521. The second kappa shape index (κ2) is 6.27. The number of rotatable bonds is 4. The van der Waals surface area contributed by atoms with Crippen molar-refractivity contribution in [1.29, 1.82) is 0 Å². The molecule has 20 heavy (non-hydrogen) atoms. The van der Waals surface area contributed by atoms with Crippen LogP contribution < -0.4 is 5.43 Å². The van der Waals surface area contributed by atoms with Crippen molar-refractivity contribution in [2.75, 3.05) is 0 Å². The minimum atomic E-state index is -0.562. The number of non-ortho nitro benzene ring substituents is 1. The molecule has 2 aromatic rings. The summed E-state index contributed by atoms with van der Waals surface area (Å²) in [5, 5.41) is 14.4. The van der Waals surface area contributed by atoms with E-state index in [1.165, 1.54) is 41.8 Å². The Bertz CT molecular complexity index is 684. The summed E-state index contributed by atoms with van der Waals surface area (Å²) >= 11 is 7.07. The highest BCUT2D eigenvalue weighted by atomic mass is 35.5. The number of carbonyl (C=O) groups excluding carboxylic acids is 1. The Morgan fingerprint density at radius 1 is 1.40 bits per heavy atom. The number of nitrogens with one attached hydrogen (secondary N) is 1. The Labute approximate surface area is 122 Å². The Morgan fingerprint density at radius 3 is 2.85 bits per heavy atom. The van der Waals surface area contributed by atoms with Gasteiger partial charge in [-0.15, -0.1) is 11.3 Å². The summed E-state index contributed by atoms with van der Waals surface area (Å²) in [5.41, 5.74) is 2.31. The monoisotopic (exact) mass is 309 g/mol. The van der Waals surface area contributed by atoms with E-state index < -0.39 is 10.8 Å². The fourth-order valence-corrected chi connectivity index (χ4v) is 2.31. The van der Waals surface area contributed by atoms with Gasteiger partial charge in [-0.3, -0.25) is 14.9 Å². The van der Waals surface area contributed by atoms with Crippen LogP contribution in [0.25, 0.3) is 0 Å². The van der Waals surface area contributed by atoms with Gasteiger partial charge in [-0.1, -0.05) is 17.7 Å². The predicted octanol–water partition coefficient (Wildman–Crippen LogP) is 3.07. The van der Waals surface area contributed by atoms with Crippen LogP contribution >= 0.6 is 22.9 Å². The number of thiophene rings is 1. The number of hydrogen-bond acceptors (Lipinski definition) is 5. The zero-order valence-corrected chi connectivity index (χ0v) is 11.5. The van der Waals surface area contributed by atoms with Crippen molar-refractivity contribution in [3.8, 4) is 0 Å². The lowest BCUT2D eigenvalue weighted by Crippen LogP contribution is -2.17. The third-order valence-electron chi connectivity index (χ3n) is 2.27. The fourth-order valence-electron chi connectivity index (χ4n) is 1.38. The topological polar surface area (TPSA) is 84.6 Å². The van der Waals surface area contributed by atoms with E-state index in [0.29, 0.717) is 4.34 Å². The lowest BCUT2D eigenvalue weighted by Gasteiger charge is -1.99. The highest BCUT2D eigenvalue weighted by Gasteiger charge is 2.10. The van der Waals surface area contributed by atoms with Crippen molar-refractivity contribution in [2.24, 2.45) is 5.10 Å². The molecule has 1 aromatic heterocycles. The quantitative estimate of drug-likeness (QED) is 0.535. The van der Waals surface area contributed by atoms with E-state index in [2.05, 4.69) is 10.5 Å². The molecule has 0 spiro atoms. The molecule has 0 aliphatic carbocycles. The van der Waals surface area contributed by atoms with Crippen molar-refractivity contribution in [2.45, 2.75) is 0 Å². The Kier molecular flexibility index (Phi) is 4.44. The molecule has 8 heteroatoms. The van der Waals surface area contributed by atoms with Crippen LogP contribution in [0.3, 0.4) is 0 Å². The van der Waals surface area contributed by atoms with E-state index in [-0.39, 0.29) is 11.3 Å². The third kappa shape index (κ3) is 3.62. The maximum atomic E-state index is 11.7. The van der Waals surface area contributed by atoms with Crippen molar-refractivity contribution in [1.82, 2.24) is 5.43 Å². The molecule has 0 saturated carbocycles. The maximum absolute atomic E-state index is 11.7. The van der Waals surface area contributed by atoms with E-state index in [1.54, 1.807) is 12.1 Å². The number of hydrogen-bond donors (Lipinski definition) is 1. The smallest absolute Gasteiger partial charge is 0.267 e. The van der Waals surface area contributed by atoms with Crippen LogP contribution in [-0.2, 0) is 0 Å². The summed E-state index contributed by atoms with van der Waals surface area (Å²) < 4.78 is 0.622. The fraction of sp³-hybridized carbons (Fsp3) is 0. The highest BCUT2D eigenvalue weighted by Crippen LogP contribution is 2.19. The zero-order valence-electron chi connectivity index (χ0n) is 9.95. The Balaban J connectivity index is 2.03. The van der Waals surface area contributed by atoms with Gasteiger partial charge in [-0.25, -0.2) is 5.43 Å². The molecule has 1 amide bonds. The van der Waals surface area contributed by atoms with E-state index in [4.69, 9.17) is 11.6 Å². The molecule has 1 aromatic carbocycles. The second-order valence-corrected chi connectivity index (χ2v) is 5.40. The number of nitro groups is 1. The van der Waals surface area contributed by atoms with Gasteiger partial charge >= 0.3 is 0 Å². The van der Waals surface area contributed by atoms with E-state index in [1.807, 2.05) is 0 Å². The summed E-state index contributed by atoms with van der Waals surface area (Å²) in [4.78, 5) is 22.6. The molecular weight excluding hydrogens is 302 g/mol. The first-order valence-electron chi connectivity index (χ1n) is 5.39.